The molecule has 0 spiro atoms. The van der Waals surface area contributed by atoms with Crippen LogP contribution in [0.3, 0.4) is 0 Å². The maximum Gasteiger partial charge on any atom is 0.325 e. The first-order valence-electron chi connectivity index (χ1n) is 8.72. The van der Waals surface area contributed by atoms with E-state index in [9.17, 15) is 4.57 Å². The summed E-state index contributed by atoms with van der Waals surface area (Å²) in [7, 11) is -3.76. The van der Waals surface area contributed by atoms with E-state index in [0.717, 1.165) is 18.6 Å². The van der Waals surface area contributed by atoms with Gasteiger partial charge in [-0.05, 0) is 18.6 Å². The summed E-state index contributed by atoms with van der Waals surface area (Å²) in [6.07, 6.45) is 17.4. The molecule has 0 rings (SSSR count). The van der Waals surface area contributed by atoms with Crippen LogP contribution in [0.25, 0.3) is 0 Å². The fourth-order valence-corrected chi connectivity index (χ4v) is 3.41. The smallest absolute Gasteiger partial charge is 0.324 e. The molecule has 5 heteroatoms. The van der Waals surface area contributed by atoms with Gasteiger partial charge in [0.2, 0.25) is 0 Å². The quantitative estimate of drug-likeness (QED) is 0.196. The molecule has 0 saturated carbocycles. The molecule has 3 nitrogen and oxygen atoms in total. The number of thiol groups is 1. The van der Waals surface area contributed by atoms with Gasteiger partial charge in [0.15, 0.2) is 0 Å². The third-order valence-corrected chi connectivity index (χ3v) is 5.07. The normalized spacial score (nSPS) is 12.0. The minimum Gasteiger partial charge on any atom is -0.324 e. The Labute approximate surface area is 136 Å². The first-order valence-corrected chi connectivity index (χ1v) is 11.1. The highest BCUT2D eigenvalue weighted by Crippen LogP contribution is 2.35. The summed E-state index contributed by atoms with van der Waals surface area (Å²) in [5.41, 5.74) is 0. The van der Waals surface area contributed by atoms with Gasteiger partial charge in [-0.15, -0.1) is 0 Å². The van der Waals surface area contributed by atoms with Crippen molar-refractivity contribution < 1.29 is 14.4 Å². The van der Waals surface area contributed by atoms with Gasteiger partial charge in [-0.2, -0.15) is 12.6 Å². The maximum absolute atomic E-state index is 10.7. The average molecular weight is 338 g/mol. The highest BCUT2D eigenvalue weighted by Gasteiger charge is 2.10. The van der Waals surface area contributed by atoms with Crippen molar-refractivity contribution in [2.45, 2.75) is 89.9 Å². The molecule has 0 bridgehead atoms. The van der Waals surface area contributed by atoms with Crippen LogP contribution in [0.15, 0.2) is 0 Å². The summed E-state index contributed by atoms with van der Waals surface area (Å²) >= 11 is 4.22. The molecule has 0 unspecified atom stereocenters. The number of rotatable bonds is 16. The van der Waals surface area contributed by atoms with E-state index < -0.39 is 7.60 Å². The summed E-state index contributed by atoms with van der Waals surface area (Å²) in [5.74, 6) is 1.03. The molecular weight excluding hydrogens is 303 g/mol. The largest absolute Gasteiger partial charge is 0.325 e. The molecule has 0 fully saturated rings. The predicted molar refractivity (Wildman–Crippen MR) is 95.4 cm³/mol. The molecule has 0 aromatic carbocycles. The van der Waals surface area contributed by atoms with Gasteiger partial charge in [0.1, 0.15) is 0 Å². The zero-order chi connectivity index (χ0) is 15.8. The van der Waals surface area contributed by atoms with Crippen LogP contribution < -0.4 is 0 Å². The molecule has 21 heavy (non-hydrogen) atoms. The minimum absolute atomic E-state index is 0.0565. The van der Waals surface area contributed by atoms with Crippen molar-refractivity contribution in [2.75, 3.05) is 11.9 Å². The molecule has 0 aromatic rings. The first kappa shape index (κ1) is 21.5. The number of hydrogen-bond acceptors (Lipinski definition) is 2. The van der Waals surface area contributed by atoms with Gasteiger partial charge in [-0.1, -0.05) is 77.0 Å². The third kappa shape index (κ3) is 20.5. The summed E-state index contributed by atoms with van der Waals surface area (Å²) in [6.45, 7) is 0. The molecule has 0 aromatic heterocycles. The van der Waals surface area contributed by atoms with Crippen LogP contribution in [0.2, 0.25) is 0 Å². The zero-order valence-corrected chi connectivity index (χ0v) is 15.3. The van der Waals surface area contributed by atoms with Crippen LogP contribution in [-0.4, -0.2) is 21.7 Å². The molecule has 128 valence electrons. The van der Waals surface area contributed by atoms with Crippen molar-refractivity contribution >= 4 is 20.2 Å². The van der Waals surface area contributed by atoms with E-state index in [2.05, 4.69) is 12.6 Å². The molecule has 0 aliphatic carbocycles. The summed E-state index contributed by atoms with van der Waals surface area (Å²) < 4.78 is 10.7. The molecule has 0 amide bonds. The fourth-order valence-electron chi connectivity index (χ4n) is 2.55. The highest BCUT2D eigenvalue weighted by atomic mass is 32.1. The predicted octanol–water partition coefficient (Wildman–Crippen LogP) is 5.56. The van der Waals surface area contributed by atoms with Crippen molar-refractivity contribution in [3.05, 3.63) is 0 Å². The second kappa shape index (κ2) is 15.4. The van der Waals surface area contributed by atoms with E-state index in [4.69, 9.17) is 9.79 Å². The molecule has 0 aliphatic heterocycles. The van der Waals surface area contributed by atoms with Crippen LogP contribution in [0, 0.1) is 0 Å². The Morgan fingerprint density at radius 1 is 0.571 bits per heavy atom. The van der Waals surface area contributed by atoms with E-state index in [1.165, 1.54) is 70.6 Å². The van der Waals surface area contributed by atoms with E-state index >= 15 is 0 Å². The van der Waals surface area contributed by atoms with Crippen LogP contribution >= 0.6 is 20.2 Å². The molecule has 0 radical (unpaired) electrons. The second-order valence-electron chi connectivity index (χ2n) is 6.06. The van der Waals surface area contributed by atoms with Gasteiger partial charge in [0, 0.05) is 6.16 Å². The Kier molecular flexibility index (Phi) is 15.8. The van der Waals surface area contributed by atoms with Crippen molar-refractivity contribution in [1.29, 1.82) is 0 Å². The topological polar surface area (TPSA) is 57.5 Å². The van der Waals surface area contributed by atoms with Gasteiger partial charge in [-0.3, -0.25) is 4.57 Å². The van der Waals surface area contributed by atoms with Crippen LogP contribution in [0.1, 0.15) is 89.9 Å². The summed E-state index contributed by atoms with van der Waals surface area (Å²) in [5, 5.41) is 0. The van der Waals surface area contributed by atoms with Crippen LogP contribution in [0.4, 0.5) is 0 Å². The van der Waals surface area contributed by atoms with E-state index in [1.54, 1.807) is 0 Å². The lowest BCUT2D eigenvalue weighted by molar-refractivity contribution is 0.370. The molecule has 0 aliphatic rings. The number of hydrogen-bond donors (Lipinski definition) is 3. The molecular formula is C16H35O3PS. The third-order valence-electron chi connectivity index (χ3n) is 3.86. The fraction of sp³-hybridized carbons (Fsp3) is 1.00. The van der Waals surface area contributed by atoms with Crippen LogP contribution in [-0.2, 0) is 4.57 Å². The second-order valence-corrected chi connectivity index (χ2v) is 8.29. The lowest BCUT2D eigenvalue weighted by Gasteiger charge is -2.04. The Morgan fingerprint density at radius 2 is 0.857 bits per heavy atom. The summed E-state index contributed by atoms with van der Waals surface area (Å²) in [6, 6.07) is 0. The maximum atomic E-state index is 10.7. The van der Waals surface area contributed by atoms with E-state index in [-0.39, 0.29) is 6.16 Å². The van der Waals surface area contributed by atoms with Gasteiger partial charge in [0.25, 0.3) is 0 Å². The minimum atomic E-state index is -3.76. The van der Waals surface area contributed by atoms with Gasteiger partial charge >= 0.3 is 7.60 Å². The first-order chi connectivity index (χ1) is 10.1. The van der Waals surface area contributed by atoms with Gasteiger partial charge in [0.05, 0.1) is 0 Å². The van der Waals surface area contributed by atoms with E-state index in [0.29, 0.717) is 6.42 Å². The monoisotopic (exact) mass is 338 g/mol. The van der Waals surface area contributed by atoms with Crippen molar-refractivity contribution in [1.82, 2.24) is 0 Å². The highest BCUT2D eigenvalue weighted by molar-refractivity contribution is 7.80. The van der Waals surface area contributed by atoms with E-state index in [1.807, 2.05) is 0 Å². The van der Waals surface area contributed by atoms with Crippen molar-refractivity contribution in [2.24, 2.45) is 0 Å². The molecule has 2 N–H and O–H groups in total. The van der Waals surface area contributed by atoms with Crippen LogP contribution in [0.5, 0.6) is 0 Å². The Bertz CT molecular complexity index is 256. The lowest BCUT2D eigenvalue weighted by Crippen LogP contribution is -1.88. The SMILES string of the molecule is O=P(O)(O)CCCCCCCCCCCCCCCCS. The van der Waals surface area contributed by atoms with Gasteiger partial charge in [-0.25, -0.2) is 0 Å². The number of unbranched alkanes of at least 4 members (excludes halogenated alkanes) is 13. The average Bonchev–Trinajstić information content (AvgIpc) is 2.42. The van der Waals surface area contributed by atoms with Crippen molar-refractivity contribution in [3.63, 3.8) is 0 Å². The van der Waals surface area contributed by atoms with Gasteiger partial charge < -0.3 is 9.79 Å². The lowest BCUT2D eigenvalue weighted by atomic mass is 10.0. The summed E-state index contributed by atoms with van der Waals surface area (Å²) in [4.78, 5) is 17.5. The molecule has 0 atom stereocenters. The Morgan fingerprint density at radius 3 is 1.14 bits per heavy atom. The Hall–Kier alpha value is 0.500. The van der Waals surface area contributed by atoms with Crippen molar-refractivity contribution in [3.8, 4) is 0 Å². The standard InChI is InChI=1S/C16H35O3PS/c17-20(18,19)15-13-11-9-7-5-3-1-2-4-6-8-10-12-14-16-21/h21H,1-16H2,(H2,17,18,19). The molecule has 0 saturated heterocycles. The zero-order valence-electron chi connectivity index (χ0n) is 13.5. The Balaban J connectivity index is 3.01. The molecule has 0 heterocycles.